The van der Waals surface area contributed by atoms with Crippen LogP contribution in [-0.2, 0) is 31.8 Å². The normalized spacial score (nSPS) is 21.5. The molecule has 3 aromatic carbocycles. The van der Waals surface area contributed by atoms with Gasteiger partial charge in [-0.2, -0.15) is 0 Å². The molecule has 1 N–H and O–H groups in total. The number of rotatable bonds is 12. The Hall–Kier alpha value is -5.65. The summed E-state index contributed by atoms with van der Waals surface area (Å²) in [6.07, 6.45) is 5.64. The predicted molar refractivity (Wildman–Crippen MR) is 191 cm³/mol. The smallest absolute Gasteiger partial charge is 0.303 e. The van der Waals surface area contributed by atoms with Crippen molar-refractivity contribution in [1.82, 2.24) is 0 Å². The van der Waals surface area contributed by atoms with Crippen LogP contribution in [0.2, 0.25) is 0 Å². The number of carboxylic acid groups (broad SMARTS) is 1. The summed E-state index contributed by atoms with van der Waals surface area (Å²) in [7, 11) is 0. The van der Waals surface area contributed by atoms with Crippen molar-refractivity contribution in [3.63, 3.8) is 0 Å². The Morgan fingerprint density at radius 3 is 1.71 bits per heavy atom. The van der Waals surface area contributed by atoms with Crippen LogP contribution in [0.1, 0.15) is 70.1 Å². The van der Waals surface area contributed by atoms with Crippen molar-refractivity contribution in [1.29, 1.82) is 0 Å². The van der Waals surface area contributed by atoms with E-state index in [0.29, 0.717) is 24.2 Å². The van der Waals surface area contributed by atoms with E-state index >= 15 is 0 Å². The second kappa shape index (κ2) is 13.2. The van der Waals surface area contributed by atoms with E-state index in [0.717, 1.165) is 47.1 Å². The summed E-state index contributed by atoms with van der Waals surface area (Å²) in [6.45, 7) is 8.77. The standard InChI is InChI=1S/C39H40N4O8/c1-38(2)29-12-7-9-14-31(29)40(17-11-5-6-16-35(44)45)33(38)21-27-36(46)28(37(27)47)22-34-39(3,4)30-13-8-10-15-32(30)41(34)23-24-18-25(42(48)49)20-26(19-24)43(50)51/h7-10,12-15,18-22,27-28H,5-6,11,16-17,23H2,1-4H3,(H,44,45). The number of allylic oxidation sites excluding steroid dienone is 4. The number of unbranched alkanes of at least 4 members (excludes halogenated alkanes) is 2. The van der Waals surface area contributed by atoms with Gasteiger partial charge in [-0.1, -0.05) is 70.5 Å². The molecule has 0 aromatic heterocycles. The molecule has 1 aliphatic carbocycles. The molecular weight excluding hydrogens is 652 g/mol. The number of hydrogen-bond acceptors (Lipinski definition) is 9. The largest absolute Gasteiger partial charge is 0.481 e. The summed E-state index contributed by atoms with van der Waals surface area (Å²) in [5.74, 6) is -3.23. The van der Waals surface area contributed by atoms with Crippen molar-refractivity contribution < 1.29 is 29.3 Å². The van der Waals surface area contributed by atoms with Gasteiger partial charge in [0.2, 0.25) is 0 Å². The van der Waals surface area contributed by atoms with Crippen LogP contribution in [0.25, 0.3) is 0 Å². The third-order valence-electron chi connectivity index (χ3n) is 10.5. The molecule has 0 unspecified atom stereocenters. The lowest BCUT2D eigenvalue weighted by atomic mass is 9.69. The van der Waals surface area contributed by atoms with Gasteiger partial charge in [-0.15, -0.1) is 0 Å². The molecule has 2 heterocycles. The summed E-state index contributed by atoms with van der Waals surface area (Å²) in [5, 5.41) is 32.3. The van der Waals surface area contributed by atoms with Crippen LogP contribution >= 0.6 is 0 Å². The van der Waals surface area contributed by atoms with Crippen LogP contribution in [0.15, 0.2) is 90.3 Å². The molecule has 51 heavy (non-hydrogen) atoms. The number of ketones is 2. The second-order valence-corrected chi connectivity index (χ2v) is 14.5. The monoisotopic (exact) mass is 692 g/mol. The molecule has 12 heteroatoms. The van der Waals surface area contributed by atoms with Gasteiger partial charge >= 0.3 is 5.97 Å². The van der Waals surface area contributed by atoms with Crippen molar-refractivity contribution in [3.05, 3.63) is 127 Å². The zero-order valence-electron chi connectivity index (χ0n) is 29.0. The third kappa shape index (κ3) is 6.30. The summed E-state index contributed by atoms with van der Waals surface area (Å²) in [6, 6.07) is 19.1. The van der Waals surface area contributed by atoms with Crippen LogP contribution in [0.5, 0.6) is 0 Å². The first-order valence-corrected chi connectivity index (χ1v) is 17.0. The van der Waals surface area contributed by atoms with E-state index in [9.17, 15) is 34.6 Å². The average Bonchev–Trinajstić information content (AvgIpc) is 3.43. The van der Waals surface area contributed by atoms with E-state index in [-0.39, 0.29) is 24.5 Å². The number of aliphatic carboxylic acids is 1. The van der Waals surface area contributed by atoms with Gasteiger partial charge in [0.15, 0.2) is 11.6 Å². The highest BCUT2D eigenvalue weighted by atomic mass is 16.6. The van der Waals surface area contributed by atoms with Gasteiger partial charge < -0.3 is 14.9 Å². The lowest BCUT2D eigenvalue weighted by Crippen LogP contribution is -2.48. The van der Waals surface area contributed by atoms with E-state index in [2.05, 4.69) is 24.8 Å². The summed E-state index contributed by atoms with van der Waals surface area (Å²) in [4.78, 5) is 64.8. The number of fused-ring (bicyclic) bond motifs is 2. The number of nitrogens with zero attached hydrogens (tertiary/aromatic N) is 4. The molecule has 0 atom stereocenters. The lowest BCUT2D eigenvalue weighted by molar-refractivity contribution is -0.394. The van der Waals surface area contributed by atoms with E-state index < -0.39 is 49.9 Å². The highest BCUT2D eigenvalue weighted by Gasteiger charge is 2.51. The maximum atomic E-state index is 13.9. The first-order valence-electron chi connectivity index (χ1n) is 17.0. The average molecular weight is 693 g/mol. The number of carboxylic acids is 1. The number of anilines is 2. The molecular formula is C39H40N4O8. The fourth-order valence-corrected chi connectivity index (χ4v) is 7.77. The van der Waals surface area contributed by atoms with Gasteiger partial charge in [-0.25, -0.2) is 0 Å². The predicted octanol–water partition coefficient (Wildman–Crippen LogP) is 7.40. The summed E-state index contributed by atoms with van der Waals surface area (Å²) in [5.41, 5.74) is 3.74. The minimum absolute atomic E-state index is 0.0469. The Labute approximate surface area is 295 Å². The molecule has 0 amide bonds. The first-order chi connectivity index (χ1) is 24.1. The van der Waals surface area contributed by atoms with Gasteiger partial charge in [0.1, 0.15) is 0 Å². The Balaban J connectivity index is 1.31. The molecule has 0 bridgehead atoms. The molecule has 1 saturated carbocycles. The molecule has 12 nitrogen and oxygen atoms in total. The van der Waals surface area contributed by atoms with Crippen LogP contribution < -0.4 is 9.80 Å². The van der Waals surface area contributed by atoms with Crippen molar-refractivity contribution in [2.24, 2.45) is 11.8 Å². The van der Waals surface area contributed by atoms with Gasteiger partial charge in [-0.05, 0) is 53.8 Å². The SMILES string of the molecule is CC1(C)C(=CC2C(=O)C(C=C3N(Cc4cc([N+](=O)[O-])cc([N+](=O)[O-])c4)c4ccccc4C3(C)C)C2=O)N(CCCCCC(=O)O)c2ccccc21. The Morgan fingerprint density at radius 2 is 1.22 bits per heavy atom. The van der Waals surface area contributed by atoms with Crippen molar-refractivity contribution in [3.8, 4) is 0 Å². The Morgan fingerprint density at radius 1 is 0.745 bits per heavy atom. The van der Waals surface area contributed by atoms with Gasteiger partial charge in [0, 0.05) is 65.2 Å². The zero-order chi connectivity index (χ0) is 36.8. The van der Waals surface area contributed by atoms with Crippen LogP contribution in [-0.4, -0.2) is 39.0 Å². The number of Topliss-reactive ketones (excluding diaryl/α,β-unsaturated/α-hetero) is 2. The van der Waals surface area contributed by atoms with E-state index in [1.807, 2.05) is 61.2 Å². The van der Waals surface area contributed by atoms with E-state index in [1.165, 1.54) is 12.1 Å². The van der Waals surface area contributed by atoms with Crippen molar-refractivity contribution in [2.75, 3.05) is 16.3 Å². The molecule has 3 aliphatic rings. The van der Waals surface area contributed by atoms with Crippen molar-refractivity contribution >= 4 is 40.3 Å². The van der Waals surface area contributed by atoms with Gasteiger partial charge in [-0.3, -0.25) is 34.6 Å². The minimum atomic E-state index is -1.01. The molecule has 6 rings (SSSR count). The zero-order valence-corrected chi connectivity index (χ0v) is 29.0. The number of benzene rings is 3. The molecule has 0 saturated heterocycles. The quantitative estimate of drug-likeness (QED) is 0.0875. The maximum Gasteiger partial charge on any atom is 0.303 e. The number of nitro groups is 2. The minimum Gasteiger partial charge on any atom is -0.481 e. The summed E-state index contributed by atoms with van der Waals surface area (Å²) >= 11 is 0. The number of non-ortho nitro benzene ring substituents is 2. The number of hydrogen-bond donors (Lipinski definition) is 1. The van der Waals surface area contributed by atoms with Gasteiger partial charge in [0.25, 0.3) is 11.4 Å². The highest BCUT2D eigenvalue weighted by molar-refractivity contribution is 6.26. The molecule has 264 valence electrons. The fraction of sp³-hybridized carbons (Fsp3) is 0.359. The highest BCUT2D eigenvalue weighted by Crippen LogP contribution is 2.51. The molecule has 1 fully saturated rings. The molecule has 0 spiro atoms. The topological polar surface area (TPSA) is 164 Å². The fourth-order valence-electron chi connectivity index (χ4n) is 7.77. The van der Waals surface area contributed by atoms with Crippen molar-refractivity contribution in [2.45, 2.75) is 70.8 Å². The summed E-state index contributed by atoms with van der Waals surface area (Å²) < 4.78 is 0. The van der Waals surface area contributed by atoms with E-state index in [1.54, 1.807) is 12.2 Å². The number of carbonyl (C=O) groups excluding carboxylic acids is 2. The maximum absolute atomic E-state index is 13.9. The first kappa shape index (κ1) is 35.2. The Bertz CT molecular complexity index is 1980. The molecule has 0 radical (unpaired) electrons. The molecule has 2 aliphatic heterocycles. The van der Waals surface area contributed by atoms with Crippen LogP contribution in [0.4, 0.5) is 22.7 Å². The number of para-hydroxylation sites is 2. The Kier molecular flexibility index (Phi) is 9.13. The lowest BCUT2D eigenvalue weighted by Gasteiger charge is -2.35. The third-order valence-corrected chi connectivity index (χ3v) is 10.5. The van der Waals surface area contributed by atoms with E-state index in [4.69, 9.17) is 5.11 Å². The number of carbonyl (C=O) groups is 3. The van der Waals surface area contributed by atoms with Crippen LogP contribution in [0, 0.1) is 32.1 Å². The number of nitro benzene ring substituents is 2. The van der Waals surface area contributed by atoms with Gasteiger partial charge in [0.05, 0.1) is 27.7 Å². The van der Waals surface area contributed by atoms with Crippen LogP contribution in [0.3, 0.4) is 0 Å². The second-order valence-electron chi connectivity index (χ2n) is 14.5. The molecule has 3 aromatic rings.